The second kappa shape index (κ2) is 10.4. The van der Waals surface area contributed by atoms with Crippen LogP contribution in [-0.4, -0.2) is 67.2 Å². The van der Waals surface area contributed by atoms with Gasteiger partial charge >= 0.3 is 6.09 Å². The van der Waals surface area contributed by atoms with Gasteiger partial charge in [-0.05, 0) is 37.2 Å². The van der Waals surface area contributed by atoms with Crippen LogP contribution in [0.15, 0.2) is 30.3 Å². The Kier molecular flexibility index (Phi) is 7.42. The molecule has 4 rings (SSSR count). The van der Waals surface area contributed by atoms with Gasteiger partial charge in [-0.3, -0.25) is 4.79 Å². The molecule has 0 bridgehead atoms. The number of aliphatic hydroxyl groups excluding tert-OH is 1. The number of hydrogen-bond donors (Lipinski definition) is 4. The van der Waals surface area contributed by atoms with Crippen LogP contribution in [-0.2, 0) is 20.7 Å². The molecule has 8 nitrogen and oxygen atoms in total. The minimum absolute atomic E-state index is 0.0696. The molecule has 6 atom stereocenters. The molecular weight excluding hydrogens is 398 g/mol. The first kappa shape index (κ1) is 22.0. The van der Waals surface area contributed by atoms with Gasteiger partial charge in [0, 0.05) is 38.6 Å². The van der Waals surface area contributed by atoms with Crippen LogP contribution < -0.4 is 16.0 Å². The summed E-state index contributed by atoms with van der Waals surface area (Å²) in [5.41, 5.74) is 1.03. The maximum absolute atomic E-state index is 12.6. The average molecular weight is 432 g/mol. The van der Waals surface area contributed by atoms with Crippen LogP contribution in [0.4, 0.5) is 4.79 Å². The van der Waals surface area contributed by atoms with Crippen molar-refractivity contribution in [1.82, 2.24) is 16.0 Å². The molecule has 2 heterocycles. The minimum Gasteiger partial charge on any atom is -0.446 e. The first-order valence-corrected chi connectivity index (χ1v) is 11.4. The second-order valence-corrected chi connectivity index (χ2v) is 8.93. The summed E-state index contributed by atoms with van der Waals surface area (Å²) in [6.45, 7) is 1.71. The molecular formula is C23H33N3O5. The van der Waals surface area contributed by atoms with Gasteiger partial charge in [0.1, 0.15) is 6.10 Å². The first-order chi connectivity index (χ1) is 15.1. The fourth-order valence-electron chi connectivity index (χ4n) is 4.88. The molecule has 4 N–H and O–H groups in total. The maximum Gasteiger partial charge on any atom is 0.407 e. The van der Waals surface area contributed by atoms with Gasteiger partial charge < -0.3 is 30.5 Å². The normalized spacial score (nSPS) is 29.3. The fraction of sp³-hybridized carbons (Fsp3) is 0.652. The van der Waals surface area contributed by atoms with Crippen molar-refractivity contribution in [2.45, 2.75) is 68.9 Å². The zero-order chi connectivity index (χ0) is 21.6. The topological polar surface area (TPSA) is 109 Å². The summed E-state index contributed by atoms with van der Waals surface area (Å²) < 4.78 is 11.3. The SMILES string of the molecule is O=C1CC[C@H](CNC[C@H](O)[C@H](Cc2ccccc2)NC(=O)O[C@@H]2C[C@@H]3CCO[C@@H]3C2)N1. The summed E-state index contributed by atoms with van der Waals surface area (Å²) in [4.78, 5) is 23.9. The molecule has 0 unspecified atom stereocenters. The molecule has 1 aromatic rings. The van der Waals surface area contributed by atoms with Crippen LogP contribution in [0.25, 0.3) is 0 Å². The van der Waals surface area contributed by atoms with E-state index in [1.807, 2.05) is 30.3 Å². The van der Waals surface area contributed by atoms with Crippen LogP contribution in [0.2, 0.25) is 0 Å². The second-order valence-electron chi connectivity index (χ2n) is 8.93. The van der Waals surface area contributed by atoms with Gasteiger partial charge in [-0.15, -0.1) is 0 Å². The molecule has 2 amide bonds. The molecule has 1 aromatic carbocycles. The Morgan fingerprint density at radius 1 is 1.26 bits per heavy atom. The molecule has 8 heteroatoms. The van der Waals surface area contributed by atoms with Crippen LogP contribution in [0.5, 0.6) is 0 Å². The predicted molar refractivity (Wildman–Crippen MR) is 114 cm³/mol. The quantitative estimate of drug-likeness (QED) is 0.467. The first-order valence-electron chi connectivity index (χ1n) is 11.4. The van der Waals surface area contributed by atoms with E-state index in [-0.39, 0.29) is 24.2 Å². The molecule has 0 aromatic heterocycles. The van der Waals surface area contributed by atoms with E-state index in [0.717, 1.165) is 37.9 Å². The average Bonchev–Trinajstić information content (AvgIpc) is 3.45. The summed E-state index contributed by atoms with van der Waals surface area (Å²) in [6, 6.07) is 9.37. The fourth-order valence-corrected chi connectivity index (χ4v) is 4.88. The summed E-state index contributed by atoms with van der Waals surface area (Å²) >= 11 is 0. The third-order valence-electron chi connectivity index (χ3n) is 6.58. The molecule has 1 aliphatic carbocycles. The number of nitrogens with one attached hydrogen (secondary N) is 3. The van der Waals surface area contributed by atoms with E-state index in [9.17, 15) is 14.7 Å². The van der Waals surface area contributed by atoms with Crippen LogP contribution in [0, 0.1) is 5.92 Å². The lowest BCUT2D eigenvalue weighted by atomic mass is 10.0. The number of amides is 2. The number of benzene rings is 1. The lowest BCUT2D eigenvalue weighted by molar-refractivity contribution is -0.119. The van der Waals surface area contributed by atoms with E-state index < -0.39 is 18.2 Å². The Bertz CT molecular complexity index is 734. The van der Waals surface area contributed by atoms with Crippen molar-refractivity contribution < 1.29 is 24.2 Å². The number of hydrogen-bond acceptors (Lipinski definition) is 6. The third-order valence-corrected chi connectivity index (χ3v) is 6.58. The molecule has 2 aliphatic heterocycles. The largest absolute Gasteiger partial charge is 0.446 e. The molecule has 1 saturated carbocycles. The van der Waals surface area contributed by atoms with E-state index in [0.29, 0.717) is 31.8 Å². The molecule has 2 saturated heterocycles. The molecule has 170 valence electrons. The summed E-state index contributed by atoms with van der Waals surface area (Å²) in [6.07, 6.45) is 3.27. The molecule has 3 fully saturated rings. The van der Waals surface area contributed by atoms with Crippen molar-refractivity contribution in [3.05, 3.63) is 35.9 Å². The highest BCUT2D eigenvalue weighted by molar-refractivity contribution is 5.78. The van der Waals surface area contributed by atoms with Crippen molar-refractivity contribution in [2.24, 2.45) is 5.92 Å². The van der Waals surface area contributed by atoms with Crippen LogP contribution >= 0.6 is 0 Å². The highest BCUT2D eigenvalue weighted by atomic mass is 16.6. The Balaban J connectivity index is 1.28. The van der Waals surface area contributed by atoms with Gasteiger partial charge in [-0.2, -0.15) is 0 Å². The van der Waals surface area contributed by atoms with E-state index in [1.54, 1.807) is 0 Å². The van der Waals surface area contributed by atoms with Gasteiger partial charge in [-0.1, -0.05) is 30.3 Å². The van der Waals surface area contributed by atoms with Crippen molar-refractivity contribution in [2.75, 3.05) is 19.7 Å². The van der Waals surface area contributed by atoms with Gasteiger partial charge in [-0.25, -0.2) is 4.79 Å². The number of aliphatic hydroxyl groups is 1. The van der Waals surface area contributed by atoms with Gasteiger partial charge in [0.15, 0.2) is 0 Å². The number of fused-ring (bicyclic) bond motifs is 1. The Morgan fingerprint density at radius 3 is 2.84 bits per heavy atom. The van der Waals surface area contributed by atoms with E-state index in [2.05, 4.69) is 16.0 Å². The number of alkyl carbamates (subject to hydrolysis) is 1. The van der Waals surface area contributed by atoms with Crippen molar-refractivity contribution in [1.29, 1.82) is 0 Å². The summed E-state index contributed by atoms with van der Waals surface area (Å²) in [5, 5.41) is 19.8. The number of carbonyl (C=O) groups excluding carboxylic acids is 2. The number of rotatable bonds is 9. The van der Waals surface area contributed by atoms with Crippen LogP contribution in [0.1, 0.15) is 37.7 Å². The third kappa shape index (κ3) is 6.18. The molecule has 0 radical (unpaired) electrons. The monoisotopic (exact) mass is 431 g/mol. The molecule has 0 spiro atoms. The standard InChI is InChI=1S/C23H33N3O5/c27-20(14-24-13-17-6-7-22(28)25-17)19(10-15-4-2-1-3-5-15)26-23(29)31-18-11-16-8-9-30-21(16)12-18/h1-5,16-21,24,27H,6-14H2,(H,25,28)(H,26,29)/t16-,17+,18+,19-,20-,21+/m0/s1. The smallest absolute Gasteiger partial charge is 0.407 e. The molecule has 31 heavy (non-hydrogen) atoms. The van der Waals surface area contributed by atoms with E-state index in [1.165, 1.54) is 0 Å². The van der Waals surface area contributed by atoms with Crippen molar-refractivity contribution in [3.8, 4) is 0 Å². The Hall–Kier alpha value is -2.16. The van der Waals surface area contributed by atoms with Gasteiger partial charge in [0.05, 0.1) is 18.2 Å². The van der Waals surface area contributed by atoms with Crippen molar-refractivity contribution in [3.63, 3.8) is 0 Å². The van der Waals surface area contributed by atoms with E-state index >= 15 is 0 Å². The van der Waals surface area contributed by atoms with Crippen molar-refractivity contribution >= 4 is 12.0 Å². The Morgan fingerprint density at radius 2 is 2.10 bits per heavy atom. The predicted octanol–water partition coefficient (Wildman–Crippen LogP) is 1.12. The molecule has 3 aliphatic rings. The van der Waals surface area contributed by atoms with Gasteiger partial charge in [0.25, 0.3) is 0 Å². The van der Waals surface area contributed by atoms with Crippen LogP contribution in [0.3, 0.4) is 0 Å². The highest BCUT2D eigenvalue weighted by Crippen LogP contribution is 2.37. The number of carbonyl (C=O) groups is 2. The van der Waals surface area contributed by atoms with Gasteiger partial charge in [0.2, 0.25) is 5.91 Å². The number of ether oxygens (including phenoxy) is 2. The highest BCUT2D eigenvalue weighted by Gasteiger charge is 2.40. The lowest BCUT2D eigenvalue weighted by Crippen LogP contribution is -2.50. The Labute approximate surface area is 183 Å². The lowest BCUT2D eigenvalue weighted by Gasteiger charge is -2.26. The summed E-state index contributed by atoms with van der Waals surface area (Å²) in [5.74, 6) is 0.559. The zero-order valence-corrected chi connectivity index (χ0v) is 17.8. The zero-order valence-electron chi connectivity index (χ0n) is 17.8. The summed E-state index contributed by atoms with van der Waals surface area (Å²) in [7, 11) is 0. The van der Waals surface area contributed by atoms with E-state index in [4.69, 9.17) is 9.47 Å². The minimum atomic E-state index is -0.795. The maximum atomic E-state index is 12.6.